The summed E-state index contributed by atoms with van der Waals surface area (Å²) < 4.78 is 4.79. The van der Waals surface area contributed by atoms with Crippen LogP contribution in [0.1, 0.15) is 12.8 Å². The summed E-state index contributed by atoms with van der Waals surface area (Å²) in [4.78, 5) is 24.0. The first-order valence-electron chi connectivity index (χ1n) is 4.77. The molecule has 80 valence electrons. The summed E-state index contributed by atoms with van der Waals surface area (Å²) in [5.41, 5.74) is 0. The normalized spacial score (nSPS) is 16.1. The minimum Gasteiger partial charge on any atom is -0.383 e. The molecule has 1 fully saturated rings. The molecule has 0 saturated carbocycles. The van der Waals surface area contributed by atoms with Crippen molar-refractivity contribution in [3.05, 3.63) is 0 Å². The molecule has 1 aliphatic heterocycles. The Labute approximate surface area is 83.4 Å². The minimum atomic E-state index is -0.114. The van der Waals surface area contributed by atoms with Crippen LogP contribution < -0.4 is 5.32 Å². The third-order valence-electron chi connectivity index (χ3n) is 2.13. The molecule has 14 heavy (non-hydrogen) atoms. The lowest BCUT2D eigenvalue weighted by molar-refractivity contribution is -0.133. The molecule has 0 unspecified atom stereocenters. The number of hydrogen-bond donors (Lipinski definition) is 1. The molecule has 0 aromatic rings. The van der Waals surface area contributed by atoms with Crippen molar-refractivity contribution >= 4 is 11.8 Å². The van der Waals surface area contributed by atoms with E-state index in [9.17, 15) is 9.59 Å². The monoisotopic (exact) mass is 200 g/mol. The van der Waals surface area contributed by atoms with Crippen molar-refractivity contribution in [1.82, 2.24) is 10.2 Å². The predicted molar refractivity (Wildman–Crippen MR) is 50.7 cm³/mol. The summed E-state index contributed by atoms with van der Waals surface area (Å²) in [7, 11) is 1.58. The van der Waals surface area contributed by atoms with Crippen LogP contribution in [0.15, 0.2) is 0 Å². The molecule has 1 aliphatic rings. The average molecular weight is 200 g/mol. The van der Waals surface area contributed by atoms with Gasteiger partial charge < -0.3 is 15.0 Å². The quantitative estimate of drug-likeness (QED) is 0.601. The maximum atomic E-state index is 11.3. The summed E-state index contributed by atoms with van der Waals surface area (Å²) in [6.45, 7) is 1.89. The Morgan fingerprint density at radius 2 is 2.43 bits per heavy atom. The van der Waals surface area contributed by atoms with Crippen molar-refractivity contribution in [3.8, 4) is 0 Å². The number of carbonyl (C=O) groups excluding carboxylic acids is 2. The van der Waals surface area contributed by atoms with Gasteiger partial charge in [0.15, 0.2) is 0 Å². The second-order valence-corrected chi connectivity index (χ2v) is 3.26. The number of likely N-dealkylation sites (tertiary alicyclic amines) is 1. The number of rotatable bonds is 5. The molecule has 0 atom stereocenters. The fraction of sp³-hybridized carbons (Fsp3) is 0.778. The van der Waals surface area contributed by atoms with E-state index >= 15 is 0 Å². The van der Waals surface area contributed by atoms with Crippen molar-refractivity contribution < 1.29 is 14.3 Å². The highest BCUT2D eigenvalue weighted by Crippen LogP contribution is 2.08. The van der Waals surface area contributed by atoms with E-state index in [0.29, 0.717) is 26.1 Å². The number of hydrogen-bond acceptors (Lipinski definition) is 3. The highest BCUT2D eigenvalue weighted by Gasteiger charge is 2.21. The number of ether oxygens (including phenoxy) is 1. The third-order valence-corrected chi connectivity index (χ3v) is 2.13. The molecule has 0 aliphatic carbocycles. The van der Waals surface area contributed by atoms with Crippen LogP contribution in [0.25, 0.3) is 0 Å². The molecule has 0 aromatic carbocycles. The molecule has 0 radical (unpaired) electrons. The highest BCUT2D eigenvalue weighted by atomic mass is 16.5. The Balaban J connectivity index is 2.16. The molecule has 5 nitrogen and oxygen atoms in total. The van der Waals surface area contributed by atoms with Gasteiger partial charge in [0, 0.05) is 26.6 Å². The zero-order valence-corrected chi connectivity index (χ0v) is 8.41. The first-order chi connectivity index (χ1) is 6.74. The largest absolute Gasteiger partial charge is 0.383 e. The highest BCUT2D eigenvalue weighted by molar-refractivity contribution is 5.85. The number of amides is 2. The van der Waals surface area contributed by atoms with Gasteiger partial charge in [-0.2, -0.15) is 0 Å². The molecule has 0 spiro atoms. The minimum absolute atomic E-state index is 0.0758. The standard InChI is InChI=1S/C9H16N2O3/c1-14-6-4-10-8(12)7-11-5-2-3-9(11)13/h2-7H2,1H3,(H,10,12). The van der Waals surface area contributed by atoms with Gasteiger partial charge in [-0.15, -0.1) is 0 Å². The van der Waals surface area contributed by atoms with E-state index in [1.807, 2.05) is 0 Å². The summed E-state index contributed by atoms with van der Waals surface area (Å²) >= 11 is 0. The van der Waals surface area contributed by atoms with Crippen LogP contribution in [0.4, 0.5) is 0 Å². The van der Waals surface area contributed by atoms with Gasteiger partial charge in [0.2, 0.25) is 11.8 Å². The van der Waals surface area contributed by atoms with Crippen molar-refractivity contribution in [1.29, 1.82) is 0 Å². The molecule has 1 heterocycles. The second-order valence-electron chi connectivity index (χ2n) is 3.26. The molecule has 5 heteroatoms. The fourth-order valence-corrected chi connectivity index (χ4v) is 1.39. The lowest BCUT2D eigenvalue weighted by atomic mass is 10.4. The number of nitrogens with zero attached hydrogens (tertiary/aromatic N) is 1. The van der Waals surface area contributed by atoms with Crippen LogP contribution in [-0.4, -0.2) is 50.1 Å². The van der Waals surface area contributed by atoms with Gasteiger partial charge in [-0.25, -0.2) is 0 Å². The maximum absolute atomic E-state index is 11.3. The Hall–Kier alpha value is -1.10. The summed E-state index contributed by atoms with van der Waals surface area (Å²) in [5.74, 6) is -0.0378. The van der Waals surface area contributed by atoms with Crippen molar-refractivity contribution in [2.45, 2.75) is 12.8 Å². The second kappa shape index (κ2) is 5.59. The van der Waals surface area contributed by atoms with E-state index in [0.717, 1.165) is 6.42 Å². The van der Waals surface area contributed by atoms with E-state index in [-0.39, 0.29) is 18.4 Å². The average Bonchev–Trinajstić information content (AvgIpc) is 2.52. The first-order valence-corrected chi connectivity index (χ1v) is 4.77. The molecular weight excluding hydrogens is 184 g/mol. The first kappa shape index (κ1) is 11.0. The zero-order valence-electron chi connectivity index (χ0n) is 8.41. The molecule has 2 amide bonds. The Bertz CT molecular complexity index is 218. The fourth-order valence-electron chi connectivity index (χ4n) is 1.39. The maximum Gasteiger partial charge on any atom is 0.239 e. The van der Waals surface area contributed by atoms with Crippen LogP contribution in [0.2, 0.25) is 0 Å². The summed E-state index contributed by atoms with van der Waals surface area (Å²) in [6, 6.07) is 0. The van der Waals surface area contributed by atoms with Gasteiger partial charge in [0.05, 0.1) is 13.2 Å². The Kier molecular flexibility index (Phi) is 4.39. The van der Waals surface area contributed by atoms with Crippen LogP contribution in [0, 0.1) is 0 Å². The predicted octanol–water partition coefficient (Wildman–Crippen LogP) is -0.629. The zero-order chi connectivity index (χ0) is 10.4. The van der Waals surface area contributed by atoms with Crippen molar-refractivity contribution in [2.24, 2.45) is 0 Å². The van der Waals surface area contributed by atoms with Gasteiger partial charge >= 0.3 is 0 Å². The number of methoxy groups -OCH3 is 1. The molecule has 0 aromatic heterocycles. The van der Waals surface area contributed by atoms with Crippen molar-refractivity contribution in [2.75, 3.05) is 33.4 Å². The van der Waals surface area contributed by atoms with Crippen LogP contribution in [0.5, 0.6) is 0 Å². The SMILES string of the molecule is COCCNC(=O)CN1CCCC1=O. The van der Waals surface area contributed by atoms with Crippen LogP contribution in [-0.2, 0) is 14.3 Å². The smallest absolute Gasteiger partial charge is 0.239 e. The summed E-state index contributed by atoms with van der Waals surface area (Å²) in [6.07, 6.45) is 1.44. The number of nitrogens with one attached hydrogen (secondary N) is 1. The Morgan fingerprint density at radius 1 is 1.64 bits per heavy atom. The Morgan fingerprint density at radius 3 is 3.00 bits per heavy atom. The van der Waals surface area contributed by atoms with Crippen LogP contribution >= 0.6 is 0 Å². The lowest BCUT2D eigenvalue weighted by Gasteiger charge is -2.14. The number of carbonyl (C=O) groups is 2. The van der Waals surface area contributed by atoms with Crippen molar-refractivity contribution in [3.63, 3.8) is 0 Å². The molecule has 1 saturated heterocycles. The topological polar surface area (TPSA) is 58.6 Å². The molecular formula is C9H16N2O3. The van der Waals surface area contributed by atoms with Crippen LogP contribution in [0.3, 0.4) is 0 Å². The van der Waals surface area contributed by atoms with Gasteiger partial charge in [0.1, 0.15) is 0 Å². The van der Waals surface area contributed by atoms with Gasteiger partial charge in [0.25, 0.3) is 0 Å². The molecule has 0 bridgehead atoms. The van der Waals surface area contributed by atoms with Gasteiger partial charge in [-0.05, 0) is 6.42 Å². The van der Waals surface area contributed by atoms with E-state index in [2.05, 4.69) is 5.32 Å². The third kappa shape index (κ3) is 3.33. The van der Waals surface area contributed by atoms with E-state index in [1.54, 1.807) is 12.0 Å². The van der Waals surface area contributed by atoms with E-state index in [1.165, 1.54) is 0 Å². The molecule has 1 rings (SSSR count). The summed E-state index contributed by atoms with van der Waals surface area (Å²) in [5, 5.41) is 2.67. The van der Waals surface area contributed by atoms with E-state index in [4.69, 9.17) is 4.74 Å². The molecule has 1 N–H and O–H groups in total. The lowest BCUT2D eigenvalue weighted by Crippen LogP contribution is -2.38. The van der Waals surface area contributed by atoms with Gasteiger partial charge in [-0.1, -0.05) is 0 Å². The van der Waals surface area contributed by atoms with E-state index < -0.39 is 0 Å². The van der Waals surface area contributed by atoms with Gasteiger partial charge in [-0.3, -0.25) is 9.59 Å².